The summed E-state index contributed by atoms with van der Waals surface area (Å²) in [6.07, 6.45) is 7.37. The Morgan fingerprint density at radius 1 is 1.00 bits per heavy atom. The number of amides is 1. The minimum atomic E-state index is -4.64. The molecule has 1 amide bonds. The topological polar surface area (TPSA) is 195 Å². The molecule has 2 saturated carbocycles. The molecule has 73 heavy (non-hydrogen) atoms. The molecule has 4 N–H and O–H groups in total. The van der Waals surface area contributed by atoms with Gasteiger partial charge in [0.2, 0.25) is 0 Å². The van der Waals surface area contributed by atoms with Crippen molar-refractivity contribution >= 4 is 44.0 Å². The number of carbonyl (C=O) groups is 1. The molecule has 16 nitrogen and oxygen atoms in total. The van der Waals surface area contributed by atoms with Crippen LogP contribution in [0.25, 0.3) is 11.0 Å². The summed E-state index contributed by atoms with van der Waals surface area (Å²) in [5.41, 5.74) is 4.02. The third-order valence-corrected chi connectivity index (χ3v) is 17.0. The van der Waals surface area contributed by atoms with Gasteiger partial charge in [0.25, 0.3) is 21.6 Å². The molecule has 2 aromatic heterocycles. The Balaban J connectivity index is 0.847. The monoisotopic (exact) mass is 1010 g/mol. The van der Waals surface area contributed by atoms with Gasteiger partial charge in [0.15, 0.2) is 0 Å². The number of hydrogen-bond donors (Lipinski definition) is 4. The second kappa shape index (κ2) is 20.0. The van der Waals surface area contributed by atoms with Crippen LogP contribution in [0.5, 0.6) is 17.2 Å². The number of aliphatic hydroxyl groups is 1. The van der Waals surface area contributed by atoms with Crippen molar-refractivity contribution in [2.75, 3.05) is 56.6 Å². The highest BCUT2D eigenvalue weighted by Crippen LogP contribution is 2.54. The third-order valence-electron chi connectivity index (χ3n) is 15.6. The number of nitrogens with zero attached hydrogens (tertiary/aromatic N) is 5. The van der Waals surface area contributed by atoms with Gasteiger partial charge in [0.05, 0.1) is 39.7 Å². The Bertz CT molecular complexity index is 3120. The van der Waals surface area contributed by atoms with Crippen molar-refractivity contribution in [3.63, 3.8) is 0 Å². The predicted molar refractivity (Wildman–Crippen MR) is 277 cm³/mol. The molecule has 384 valence electrons. The number of rotatable bonds is 16. The Labute approximate surface area is 425 Å². The number of carbonyl (C=O) groups excluding carboxylic acids is 1. The molecule has 6 aromatic rings. The number of methoxy groups -OCH3 is 1. The number of aromatic amines is 1. The van der Waals surface area contributed by atoms with Gasteiger partial charge >= 0.3 is 0 Å². The van der Waals surface area contributed by atoms with Crippen molar-refractivity contribution in [3.8, 4) is 17.2 Å². The number of halogens is 1. The van der Waals surface area contributed by atoms with Crippen LogP contribution >= 0.6 is 0 Å². The Morgan fingerprint density at radius 2 is 1.75 bits per heavy atom. The highest BCUT2D eigenvalue weighted by molar-refractivity contribution is 7.90. The Morgan fingerprint density at radius 3 is 2.48 bits per heavy atom. The van der Waals surface area contributed by atoms with Gasteiger partial charge in [-0.2, -0.15) is 0 Å². The van der Waals surface area contributed by atoms with E-state index in [0.29, 0.717) is 37.0 Å². The van der Waals surface area contributed by atoms with Crippen LogP contribution in [0.4, 0.5) is 21.5 Å². The van der Waals surface area contributed by atoms with Crippen molar-refractivity contribution in [3.05, 3.63) is 142 Å². The summed E-state index contributed by atoms with van der Waals surface area (Å²) < 4.78 is 56.1. The Hall–Kier alpha value is -6.60. The standard InChI is InChI=1S/C55H63FN8O8S/c1-35(2)43-7-5-6-8-44(43)50-32-61(31-37-9-12-40(71-4)13-10-37)21-22-63(50)39-26-55(27-39)33-62(34-55)38-11-15-45(51(23-38)72-41-24-46-47(56)30-59-52(46)58-29-41)53(65)60-73(69,70)42-14-16-48(49(25-42)64(67)68)57-28-36-17-19-54(3,66)20-18-36/h5-16,23-25,29-30,35-36,39,50,57,66H,17-22,26-28,31-34H2,1-4H3,(H,58,59)(H,60,65)/t36-,50-,54-/m1/s1. The first-order valence-corrected chi connectivity index (χ1v) is 26.6. The smallest absolute Gasteiger partial charge is 0.293 e. The minimum Gasteiger partial charge on any atom is -0.497 e. The fraction of sp³-hybridized carbons (Fsp3) is 0.418. The largest absolute Gasteiger partial charge is 0.497 e. The van der Waals surface area contributed by atoms with E-state index in [9.17, 15) is 32.8 Å². The minimum absolute atomic E-state index is 0.0173. The molecule has 2 saturated heterocycles. The van der Waals surface area contributed by atoms with Gasteiger partial charge in [-0.15, -0.1) is 0 Å². The second-order valence-electron chi connectivity index (χ2n) is 21.2. The summed E-state index contributed by atoms with van der Waals surface area (Å²) >= 11 is 0. The maximum absolute atomic E-state index is 14.7. The van der Waals surface area contributed by atoms with Crippen LogP contribution in [0.15, 0.2) is 108 Å². The average Bonchev–Trinajstić information content (AvgIpc) is 3.72. The number of hydrogen-bond acceptors (Lipinski definition) is 13. The summed E-state index contributed by atoms with van der Waals surface area (Å²) in [5, 5.41) is 25.8. The molecule has 4 aromatic carbocycles. The van der Waals surface area contributed by atoms with Gasteiger partial charge < -0.3 is 29.8 Å². The molecule has 2 aliphatic heterocycles. The maximum Gasteiger partial charge on any atom is 0.293 e. The average molecular weight is 1020 g/mol. The molecule has 1 spiro atoms. The van der Waals surface area contributed by atoms with Crippen LogP contribution in [0.2, 0.25) is 0 Å². The van der Waals surface area contributed by atoms with Crippen molar-refractivity contribution in [2.24, 2.45) is 11.3 Å². The number of nitro groups is 1. The zero-order valence-electron chi connectivity index (χ0n) is 41.6. The lowest BCUT2D eigenvalue weighted by Gasteiger charge is -2.63. The lowest BCUT2D eigenvalue weighted by atomic mass is 9.59. The van der Waals surface area contributed by atoms with Gasteiger partial charge in [-0.25, -0.2) is 22.5 Å². The van der Waals surface area contributed by atoms with Crippen LogP contribution in [0.3, 0.4) is 0 Å². The van der Waals surface area contributed by atoms with Gasteiger partial charge in [0, 0.05) is 87.3 Å². The van der Waals surface area contributed by atoms with Crippen LogP contribution in [0, 0.1) is 27.3 Å². The SMILES string of the molecule is COc1ccc(CN2CCN(C3CC4(C3)CN(c3ccc(C(=O)NS(=O)(=O)c5ccc(NC[C@H]6CC[C@](C)(O)CC6)c([N+](=O)[O-])c5)c(Oc5cnc6[nH]cc(F)c6c5)c3)C4)[C@@H](c3ccccc3C(C)C)C2)cc1. The van der Waals surface area contributed by atoms with E-state index in [0.717, 1.165) is 82.5 Å². The summed E-state index contributed by atoms with van der Waals surface area (Å²) in [4.78, 5) is 39.7. The van der Waals surface area contributed by atoms with E-state index in [1.807, 2.05) is 12.1 Å². The van der Waals surface area contributed by atoms with Crippen LogP contribution < -0.4 is 24.4 Å². The molecule has 18 heteroatoms. The second-order valence-corrected chi connectivity index (χ2v) is 22.9. The fourth-order valence-corrected chi connectivity index (χ4v) is 12.5. The van der Waals surface area contributed by atoms with Crippen molar-refractivity contribution < 1.29 is 37.1 Å². The molecule has 2 aliphatic carbocycles. The first kappa shape index (κ1) is 50.0. The molecule has 4 fully saturated rings. The van der Waals surface area contributed by atoms with E-state index in [-0.39, 0.29) is 45.5 Å². The third kappa shape index (κ3) is 10.6. The maximum atomic E-state index is 14.7. The molecule has 0 bridgehead atoms. The number of aromatic nitrogens is 2. The van der Waals surface area contributed by atoms with Crippen molar-refractivity contribution in [1.29, 1.82) is 0 Å². The summed E-state index contributed by atoms with van der Waals surface area (Å²) in [6.45, 7) is 12.0. The van der Waals surface area contributed by atoms with E-state index in [1.54, 1.807) is 26.2 Å². The number of anilines is 2. The first-order chi connectivity index (χ1) is 34.9. The summed E-state index contributed by atoms with van der Waals surface area (Å²) in [5.74, 6) is -0.0167. The number of ether oxygens (including phenoxy) is 2. The number of nitrogens with one attached hydrogen (secondary N) is 3. The highest BCUT2D eigenvalue weighted by atomic mass is 32.2. The zero-order valence-corrected chi connectivity index (χ0v) is 42.5. The van der Waals surface area contributed by atoms with E-state index < -0.39 is 42.9 Å². The number of benzene rings is 4. The normalized spacial score (nSPS) is 21.4. The molecule has 4 aliphatic rings. The van der Waals surface area contributed by atoms with Crippen LogP contribution in [-0.4, -0.2) is 102 Å². The van der Waals surface area contributed by atoms with E-state index in [2.05, 4.69) is 85.0 Å². The number of fused-ring (bicyclic) bond motifs is 1. The summed E-state index contributed by atoms with van der Waals surface area (Å²) in [6, 6.07) is 27.7. The van der Waals surface area contributed by atoms with Crippen LogP contribution in [0.1, 0.15) is 98.3 Å². The first-order valence-electron chi connectivity index (χ1n) is 25.2. The molecule has 0 unspecified atom stereocenters. The predicted octanol–water partition coefficient (Wildman–Crippen LogP) is 9.53. The van der Waals surface area contributed by atoms with Gasteiger partial charge in [0.1, 0.15) is 34.4 Å². The lowest BCUT2D eigenvalue weighted by Crippen LogP contribution is -2.68. The molecule has 4 heterocycles. The van der Waals surface area contributed by atoms with E-state index >= 15 is 0 Å². The number of H-pyrrole nitrogens is 1. The molecule has 10 rings (SSSR count). The van der Waals surface area contributed by atoms with E-state index in [4.69, 9.17) is 9.47 Å². The highest BCUT2D eigenvalue weighted by Gasteiger charge is 2.55. The van der Waals surface area contributed by atoms with Gasteiger partial charge in [-0.05, 0) is 116 Å². The number of nitro benzene ring substituents is 1. The Kier molecular flexibility index (Phi) is 13.7. The molecular weight excluding hydrogens is 952 g/mol. The van der Waals surface area contributed by atoms with E-state index in [1.165, 1.54) is 53.3 Å². The van der Waals surface area contributed by atoms with Gasteiger partial charge in [-0.3, -0.25) is 24.7 Å². The number of pyridine rings is 1. The number of sulfonamides is 1. The molecule has 0 radical (unpaired) electrons. The lowest BCUT2D eigenvalue weighted by molar-refractivity contribution is -0.384. The summed E-state index contributed by atoms with van der Waals surface area (Å²) in [7, 11) is -2.96. The van der Waals surface area contributed by atoms with Gasteiger partial charge in [-0.1, -0.05) is 50.2 Å². The zero-order chi connectivity index (χ0) is 51.2. The van der Waals surface area contributed by atoms with Crippen molar-refractivity contribution in [2.45, 2.75) is 94.3 Å². The van der Waals surface area contributed by atoms with Crippen molar-refractivity contribution in [1.82, 2.24) is 24.5 Å². The molecule has 1 atom stereocenters. The van der Waals surface area contributed by atoms with Crippen LogP contribution in [-0.2, 0) is 16.6 Å². The number of piperazine rings is 1. The quantitative estimate of drug-likeness (QED) is 0.0529. The fourth-order valence-electron chi connectivity index (χ4n) is 11.5. The molecular formula is C55H63FN8O8S.